The number of aldehydes is 1. The highest BCUT2D eigenvalue weighted by Gasteiger charge is 2.04. The highest BCUT2D eigenvalue weighted by molar-refractivity contribution is 5.49. The minimum absolute atomic E-state index is 0.449. The molecule has 2 heteroatoms. The van der Waals surface area contributed by atoms with Crippen molar-refractivity contribution in [3.8, 4) is 5.75 Å². The lowest BCUT2D eigenvalue weighted by molar-refractivity contribution is -0.108. The Labute approximate surface area is 91.3 Å². The smallest absolute Gasteiger partial charge is 0.123 e. The molecule has 0 heterocycles. The Morgan fingerprint density at radius 3 is 2.67 bits per heavy atom. The van der Waals surface area contributed by atoms with E-state index in [1.54, 1.807) is 0 Å². The molecular formula is C13H18O2. The van der Waals surface area contributed by atoms with Gasteiger partial charge in [0.15, 0.2) is 0 Å². The van der Waals surface area contributed by atoms with E-state index in [0.717, 1.165) is 12.0 Å². The van der Waals surface area contributed by atoms with Crippen LogP contribution in [-0.2, 0) is 4.79 Å². The second-order valence-electron chi connectivity index (χ2n) is 3.98. The fourth-order valence-corrected chi connectivity index (χ4v) is 1.61. The molecule has 0 fully saturated rings. The van der Waals surface area contributed by atoms with Crippen molar-refractivity contribution in [1.82, 2.24) is 0 Å². The van der Waals surface area contributed by atoms with E-state index < -0.39 is 0 Å². The Morgan fingerprint density at radius 1 is 1.40 bits per heavy atom. The van der Waals surface area contributed by atoms with E-state index in [-0.39, 0.29) is 0 Å². The topological polar surface area (TPSA) is 26.3 Å². The third-order valence-corrected chi connectivity index (χ3v) is 2.37. The normalized spacial score (nSPS) is 10.4. The summed E-state index contributed by atoms with van der Waals surface area (Å²) in [6.45, 7) is 6.90. The molecule has 0 bridgehead atoms. The van der Waals surface area contributed by atoms with Gasteiger partial charge in [-0.25, -0.2) is 0 Å². The summed E-state index contributed by atoms with van der Waals surface area (Å²) < 4.78 is 5.43. The highest BCUT2D eigenvalue weighted by Crippen LogP contribution is 2.23. The van der Waals surface area contributed by atoms with Gasteiger partial charge in [-0.2, -0.15) is 0 Å². The van der Waals surface area contributed by atoms with E-state index in [0.29, 0.717) is 18.9 Å². The van der Waals surface area contributed by atoms with E-state index in [2.05, 4.69) is 26.8 Å². The van der Waals surface area contributed by atoms with Gasteiger partial charge < -0.3 is 9.53 Å². The first-order chi connectivity index (χ1) is 7.15. The van der Waals surface area contributed by atoms with Gasteiger partial charge in [0.05, 0.1) is 6.61 Å². The first kappa shape index (κ1) is 11.8. The van der Waals surface area contributed by atoms with E-state index >= 15 is 0 Å². The van der Waals surface area contributed by atoms with E-state index in [4.69, 9.17) is 4.74 Å². The monoisotopic (exact) mass is 206 g/mol. The molecule has 0 spiro atoms. The standard InChI is InChI=1S/C13H18O2/c1-10(2)13-6-5-12(9-11(13)3)15-8-4-7-14/h5-7,9-10H,4,8H2,1-3H3. The molecule has 2 nitrogen and oxygen atoms in total. The summed E-state index contributed by atoms with van der Waals surface area (Å²) in [4.78, 5) is 10.1. The molecule has 82 valence electrons. The summed E-state index contributed by atoms with van der Waals surface area (Å²) in [5, 5.41) is 0. The zero-order chi connectivity index (χ0) is 11.3. The predicted octanol–water partition coefficient (Wildman–Crippen LogP) is 3.09. The molecule has 0 amide bonds. The molecule has 0 aliphatic rings. The lowest BCUT2D eigenvalue weighted by atomic mass is 9.98. The first-order valence-electron chi connectivity index (χ1n) is 5.32. The summed E-state index contributed by atoms with van der Waals surface area (Å²) >= 11 is 0. The molecule has 1 aromatic carbocycles. The zero-order valence-corrected chi connectivity index (χ0v) is 9.62. The van der Waals surface area contributed by atoms with Gasteiger partial charge in [0.25, 0.3) is 0 Å². The fourth-order valence-electron chi connectivity index (χ4n) is 1.61. The Morgan fingerprint density at radius 2 is 2.13 bits per heavy atom. The highest BCUT2D eigenvalue weighted by atomic mass is 16.5. The number of aryl methyl sites for hydroxylation is 1. The van der Waals surface area contributed by atoms with E-state index in [1.807, 2.05) is 12.1 Å². The van der Waals surface area contributed by atoms with Gasteiger partial charge >= 0.3 is 0 Å². The van der Waals surface area contributed by atoms with Crippen molar-refractivity contribution in [2.45, 2.75) is 33.1 Å². The molecule has 0 aromatic heterocycles. The molecule has 0 saturated carbocycles. The average molecular weight is 206 g/mol. The van der Waals surface area contributed by atoms with Crippen LogP contribution in [0.1, 0.15) is 37.3 Å². The minimum Gasteiger partial charge on any atom is -0.493 e. The van der Waals surface area contributed by atoms with Crippen molar-refractivity contribution < 1.29 is 9.53 Å². The molecule has 1 rings (SSSR count). The molecule has 0 aliphatic heterocycles. The van der Waals surface area contributed by atoms with Crippen molar-refractivity contribution in [3.05, 3.63) is 29.3 Å². The lowest BCUT2D eigenvalue weighted by Crippen LogP contribution is -1.99. The molecule has 0 saturated heterocycles. The quantitative estimate of drug-likeness (QED) is 0.546. The maximum Gasteiger partial charge on any atom is 0.123 e. The number of carbonyl (C=O) groups excluding carboxylic acids is 1. The van der Waals surface area contributed by atoms with Crippen LogP contribution in [0, 0.1) is 6.92 Å². The summed E-state index contributed by atoms with van der Waals surface area (Å²) in [6, 6.07) is 6.09. The third kappa shape index (κ3) is 3.39. The molecule has 0 aliphatic carbocycles. The van der Waals surface area contributed by atoms with Crippen LogP contribution in [-0.4, -0.2) is 12.9 Å². The average Bonchev–Trinajstić information content (AvgIpc) is 2.17. The number of rotatable bonds is 5. The van der Waals surface area contributed by atoms with Crippen molar-refractivity contribution >= 4 is 6.29 Å². The molecule has 1 aromatic rings. The number of ether oxygens (including phenoxy) is 1. The lowest BCUT2D eigenvalue weighted by Gasteiger charge is -2.11. The van der Waals surface area contributed by atoms with Gasteiger partial charge in [-0.15, -0.1) is 0 Å². The largest absolute Gasteiger partial charge is 0.493 e. The minimum atomic E-state index is 0.449. The van der Waals surface area contributed by atoms with E-state index in [9.17, 15) is 4.79 Å². The summed E-state index contributed by atoms with van der Waals surface area (Å²) in [6.07, 6.45) is 1.32. The van der Waals surface area contributed by atoms with Crippen molar-refractivity contribution in [2.75, 3.05) is 6.61 Å². The van der Waals surface area contributed by atoms with Gasteiger partial charge in [-0.05, 0) is 36.1 Å². The Hall–Kier alpha value is -1.31. The van der Waals surface area contributed by atoms with Crippen molar-refractivity contribution in [2.24, 2.45) is 0 Å². The second-order valence-corrected chi connectivity index (χ2v) is 3.98. The fraction of sp³-hybridized carbons (Fsp3) is 0.462. The van der Waals surface area contributed by atoms with Gasteiger partial charge in [0, 0.05) is 6.42 Å². The summed E-state index contributed by atoms with van der Waals surface area (Å²) in [7, 11) is 0. The number of carbonyl (C=O) groups is 1. The van der Waals surface area contributed by atoms with Gasteiger partial charge in [0.2, 0.25) is 0 Å². The van der Waals surface area contributed by atoms with Crippen LogP contribution >= 0.6 is 0 Å². The molecular weight excluding hydrogens is 188 g/mol. The zero-order valence-electron chi connectivity index (χ0n) is 9.62. The van der Waals surface area contributed by atoms with Crippen molar-refractivity contribution in [3.63, 3.8) is 0 Å². The van der Waals surface area contributed by atoms with Gasteiger partial charge in [-0.1, -0.05) is 19.9 Å². The molecule has 15 heavy (non-hydrogen) atoms. The number of hydrogen-bond acceptors (Lipinski definition) is 2. The Kier molecular flexibility index (Phi) is 4.35. The molecule has 0 N–H and O–H groups in total. The maximum absolute atomic E-state index is 10.1. The van der Waals surface area contributed by atoms with Gasteiger partial charge in [0.1, 0.15) is 12.0 Å². The second kappa shape index (κ2) is 5.54. The first-order valence-corrected chi connectivity index (χ1v) is 5.32. The molecule has 0 atom stereocenters. The van der Waals surface area contributed by atoms with Gasteiger partial charge in [-0.3, -0.25) is 0 Å². The number of hydrogen-bond donors (Lipinski definition) is 0. The maximum atomic E-state index is 10.1. The van der Waals surface area contributed by atoms with Crippen LogP contribution in [0.3, 0.4) is 0 Å². The van der Waals surface area contributed by atoms with Crippen LogP contribution in [0.25, 0.3) is 0 Å². The Balaban J connectivity index is 2.69. The van der Waals surface area contributed by atoms with Crippen LogP contribution in [0.2, 0.25) is 0 Å². The molecule has 0 radical (unpaired) electrons. The summed E-state index contributed by atoms with van der Waals surface area (Å²) in [5.41, 5.74) is 2.59. The summed E-state index contributed by atoms with van der Waals surface area (Å²) in [5.74, 6) is 1.38. The van der Waals surface area contributed by atoms with Crippen LogP contribution in [0.4, 0.5) is 0 Å². The van der Waals surface area contributed by atoms with Crippen LogP contribution < -0.4 is 4.74 Å². The number of benzene rings is 1. The third-order valence-electron chi connectivity index (χ3n) is 2.37. The predicted molar refractivity (Wildman–Crippen MR) is 61.4 cm³/mol. The van der Waals surface area contributed by atoms with Crippen LogP contribution in [0.5, 0.6) is 5.75 Å². The SMILES string of the molecule is Cc1cc(OCCC=O)ccc1C(C)C. The van der Waals surface area contributed by atoms with Crippen molar-refractivity contribution in [1.29, 1.82) is 0 Å². The molecule has 0 unspecified atom stereocenters. The van der Waals surface area contributed by atoms with Crippen LogP contribution in [0.15, 0.2) is 18.2 Å². The Bertz CT molecular complexity index is 329. The van der Waals surface area contributed by atoms with E-state index in [1.165, 1.54) is 11.1 Å².